The van der Waals surface area contributed by atoms with E-state index in [0.29, 0.717) is 12.5 Å². The van der Waals surface area contributed by atoms with Crippen molar-refractivity contribution in [2.24, 2.45) is 11.3 Å². The van der Waals surface area contributed by atoms with Crippen molar-refractivity contribution < 1.29 is 14.3 Å². The van der Waals surface area contributed by atoms with Gasteiger partial charge in [-0.25, -0.2) is 4.98 Å². The summed E-state index contributed by atoms with van der Waals surface area (Å²) in [6.45, 7) is 7.58. The predicted molar refractivity (Wildman–Crippen MR) is 138 cm³/mol. The topological polar surface area (TPSA) is 63.7 Å². The molecule has 2 fully saturated rings. The number of methoxy groups -OCH3 is 1. The number of piperidine rings is 1. The molecule has 1 N–H and O–H groups in total. The SMILES string of the molecule is COC(=O)[C@]12C[C@H]1CN(c1nc(-c3cc(C)ccc3OCc3ccc4c(c3)CCNC4)cs1)[C@@H]2C. The number of aromatic nitrogens is 1. The highest BCUT2D eigenvalue weighted by atomic mass is 32.1. The lowest BCUT2D eigenvalue weighted by molar-refractivity contribution is -0.147. The number of aryl methyl sites for hydroxylation is 1. The van der Waals surface area contributed by atoms with Gasteiger partial charge in [-0.1, -0.05) is 29.8 Å². The maximum atomic E-state index is 12.5. The second-order valence-electron chi connectivity index (χ2n) is 10.1. The molecule has 0 spiro atoms. The first-order valence-corrected chi connectivity index (χ1v) is 13.2. The summed E-state index contributed by atoms with van der Waals surface area (Å²) in [5.41, 5.74) is 6.73. The molecular weight excluding hydrogens is 458 g/mol. The number of benzene rings is 2. The van der Waals surface area contributed by atoms with Crippen molar-refractivity contribution in [2.45, 2.75) is 45.9 Å². The van der Waals surface area contributed by atoms with Gasteiger partial charge in [0.1, 0.15) is 12.4 Å². The molecule has 2 aliphatic heterocycles. The summed E-state index contributed by atoms with van der Waals surface area (Å²) < 4.78 is 11.5. The molecule has 3 atom stereocenters. The van der Waals surface area contributed by atoms with E-state index in [0.717, 1.165) is 54.6 Å². The number of nitrogens with one attached hydrogen (secondary N) is 1. The lowest BCUT2D eigenvalue weighted by Gasteiger charge is -2.27. The number of hydrogen-bond donors (Lipinski definition) is 1. The Morgan fingerprint density at radius 2 is 2.14 bits per heavy atom. The first-order valence-electron chi connectivity index (χ1n) is 12.4. The molecule has 2 aromatic carbocycles. The van der Waals surface area contributed by atoms with Crippen LogP contribution in [0.2, 0.25) is 0 Å². The zero-order chi connectivity index (χ0) is 24.2. The molecule has 0 bridgehead atoms. The van der Waals surface area contributed by atoms with Crippen molar-refractivity contribution in [3.05, 3.63) is 64.0 Å². The summed E-state index contributed by atoms with van der Waals surface area (Å²) >= 11 is 1.63. The Morgan fingerprint density at radius 3 is 3.00 bits per heavy atom. The molecule has 0 amide bonds. The number of esters is 1. The van der Waals surface area contributed by atoms with Crippen LogP contribution in [0.3, 0.4) is 0 Å². The second kappa shape index (κ2) is 8.64. The van der Waals surface area contributed by atoms with Gasteiger partial charge in [-0.3, -0.25) is 4.79 Å². The van der Waals surface area contributed by atoms with Crippen LogP contribution < -0.4 is 15.0 Å². The fourth-order valence-corrected chi connectivity index (χ4v) is 6.80. The average molecular weight is 490 g/mol. The monoisotopic (exact) mass is 489 g/mol. The number of thiazole rings is 1. The van der Waals surface area contributed by atoms with Crippen LogP contribution in [-0.2, 0) is 29.1 Å². The molecule has 0 unspecified atom stereocenters. The number of hydrogen-bond acceptors (Lipinski definition) is 7. The number of fused-ring (bicyclic) bond motifs is 2. The molecule has 1 saturated heterocycles. The normalized spacial score (nSPS) is 24.6. The molecule has 7 heteroatoms. The number of rotatable bonds is 6. The van der Waals surface area contributed by atoms with E-state index in [2.05, 4.69) is 59.8 Å². The van der Waals surface area contributed by atoms with Gasteiger partial charge in [-0.2, -0.15) is 0 Å². The Kier molecular flexibility index (Phi) is 5.57. The Labute approximate surface area is 210 Å². The third-order valence-electron chi connectivity index (χ3n) is 8.05. The Hall–Kier alpha value is -2.90. The Bertz CT molecular complexity index is 1290. The van der Waals surface area contributed by atoms with Crippen LogP contribution in [-0.4, -0.2) is 37.2 Å². The number of ether oxygens (including phenoxy) is 2. The first-order chi connectivity index (χ1) is 17.0. The van der Waals surface area contributed by atoms with E-state index >= 15 is 0 Å². The van der Waals surface area contributed by atoms with E-state index in [9.17, 15) is 4.79 Å². The van der Waals surface area contributed by atoms with Crippen molar-refractivity contribution in [3.8, 4) is 17.0 Å². The van der Waals surface area contributed by atoms with Crippen molar-refractivity contribution >= 4 is 22.4 Å². The number of carbonyl (C=O) groups excluding carboxylic acids is 1. The zero-order valence-electron chi connectivity index (χ0n) is 20.5. The van der Waals surface area contributed by atoms with Crippen LogP contribution in [0.1, 0.15) is 35.6 Å². The van der Waals surface area contributed by atoms with Crippen molar-refractivity contribution in [1.29, 1.82) is 0 Å². The maximum absolute atomic E-state index is 12.5. The molecule has 182 valence electrons. The molecule has 0 radical (unpaired) electrons. The van der Waals surface area contributed by atoms with E-state index in [1.165, 1.54) is 29.4 Å². The smallest absolute Gasteiger partial charge is 0.314 e. The van der Waals surface area contributed by atoms with Crippen LogP contribution in [0, 0.1) is 18.3 Å². The van der Waals surface area contributed by atoms with Gasteiger partial charge in [0.2, 0.25) is 0 Å². The summed E-state index contributed by atoms with van der Waals surface area (Å²) in [7, 11) is 1.49. The van der Waals surface area contributed by atoms with E-state index in [1.807, 2.05) is 6.07 Å². The van der Waals surface area contributed by atoms with E-state index < -0.39 is 0 Å². The van der Waals surface area contributed by atoms with Crippen LogP contribution in [0.4, 0.5) is 5.13 Å². The van der Waals surface area contributed by atoms with Crippen LogP contribution >= 0.6 is 11.3 Å². The van der Waals surface area contributed by atoms with Crippen LogP contribution in [0.15, 0.2) is 41.8 Å². The third-order valence-corrected chi connectivity index (χ3v) is 8.93. The molecular formula is C28H31N3O3S. The minimum absolute atomic E-state index is 0.0814. The molecule has 1 aromatic heterocycles. The molecule has 3 aromatic rings. The lowest BCUT2D eigenvalue weighted by atomic mass is 9.98. The van der Waals surface area contributed by atoms with Crippen LogP contribution in [0.25, 0.3) is 11.3 Å². The first kappa shape index (κ1) is 22.6. The molecule has 1 saturated carbocycles. The summed E-state index contributed by atoms with van der Waals surface area (Å²) in [4.78, 5) is 19.7. The summed E-state index contributed by atoms with van der Waals surface area (Å²) in [6, 6.07) is 13.0. The van der Waals surface area contributed by atoms with Gasteiger partial charge in [0.15, 0.2) is 5.13 Å². The Balaban J connectivity index is 1.22. The largest absolute Gasteiger partial charge is 0.488 e. The van der Waals surface area contributed by atoms with Crippen LogP contribution in [0.5, 0.6) is 5.75 Å². The number of nitrogens with zero attached hydrogens (tertiary/aromatic N) is 2. The Morgan fingerprint density at radius 1 is 1.26 bits per heavy atom. The second-order valence-corrected chi connectivity index (χ2v) is 10.9. The fourth-order valence-electron chi connectivity index (χ4n) is 5.89. The van der Waals surface area contributed by atoms with Gasteiger partial charge in [0, 0.05) is 30.1 Å². The summed E-state index contributed by atoms with van der Waals surface area (Å²) in [5.74, 6) is 1.12. The number of anilines is 1. The van der Waals surface area contributed by atoms with E-state index in [4.69, 9.17) is 14.5 Å². The average Bonchev–Trinajstić information content (AvgIpc) is 3.26. The third kappa shape index (κ3) is 3.81. The standard InChI is InChI=1S/C28H31N3O3S/c1-17-4-7-25(34-15-19-5-6-21-13-29-9-8-20(21)11-19)23(10-17)24-16-35-27(30-24)31-14-22-12-28(22,18(31)2)26(32)33-3/h4-7,10-11,16,18,22,29H,8-9,12-15H2,1-3H3/t18-,22+,28+/m1/s1. The van der Waals surface area contributed by atoms with Gasteiger partial charge in [-0.05, 0) is 68.0 Å². The predicted octanol–water partition coefficient (Wildman–Crippen LogP) is 4.73. The highest BCUT2D eigenvalue weighted by molar-refractivity contribution is 7.14. The molecule has 3 aliphatic rings. The van der Waals surface area contributed by atoms with Crippen molar-refractivity contribution in [2.75, 3.05) is 25.1 Å². The highest BCUT2D eigenvalue weighted by Gasteiger charge is 2.70. The molecule has 3 heterocycles. The molecule has 6 nitrogen and oxygen atoms in total. The van der Waals surface area contributed by atoms with Gasteiger partial charge >= 0.3 is 5.97 Å². The van der Waals surface area contributed by atoms with Gasteiger partial charge in [-0.15, -0.1) is 11.3 Å². The van der Waals surface area contributed by atoms with Gasteiger partial charge in [0.05, 0.1) is 18.2 Å². The fraction of sp³-hybridized carbons (Fsp3) is 0.429. The molecule has 1 aliphatic carbocycles. The van der Waals surface area contributed by atoms with Crippen molar-refractivity contribution in [3.63, 3.8) is 0 Å². The highest BCUT2D eigenvalue weighted by Crippen LogP contribution is 2.63. The van der Waals surface area contributed by atoms with E-state index in [-0.39, 0.29) is 17.4 Å². The van der Waals surface area contributed by atoms with Gasteiger partial charge in [0.25, 0.3) is 0 Å². The molecule has 6 rings (SSSR count). The van der Waals surface area contributed by atoms with Crippen molar-refractivity contribution in [1.82, 2.24) is 10.3 Å². The zero-order valence-corrected chi connectivity index (χ0v) is 21.3. The number of carbonyl (C=O) groups is 1. The summed E-state index contributed by atoms with van der Waals surface area (Å²) in [5, 5.41) is 6.48. The van der Waals surface area contributed by atoms with E-state index in [1.54, 1.807) is 11.3 Å². The quantitative estimate of drug-likeness (QED) is 0.505. The lowest BCUT2D eigenvalue weighted by Crippen LogP contribution is -2.38. The van der Waals surface area contributed by atoms with Gasteiger partial charge < -0.3 is 19.7 Å². The minimum Gasteiger partial charge on any atom is -0.488 e. The summed E-state index contributed by atoms with van der Waals surface area (Å²) in [6.07, 6.45) is 1.98. The molecule has 35 heavy (non-hydrogen) atoms. The maximum Gasteiger partial charge on any atom is 0.314 e. The minimum atomic E-state index is -0.358.